The van der Waals surface area contributed by atoms with Crippen LogP contribution in [0.25, 0.3) is 0 Å². The van der Waals surface area contributed by atoms with Gasteiger partial charge in [-0.2, -0.15) is 0 Å². The van der Waals surface area contributed by atoms with Gasteiger partial charge in [-0.15, -0.1) is 11.3 Å². The first kappa shape index (κ1) is 16.3. The Morgan fingerprint density at radius 2 is 2.14 bits per heavy atom. The second-order valence-electron chi connectivity index (χ2n) is 6.01. The third kappa shape index (κ3) is 5.30. The Balaban J connectivity index is 1.92. The van der Waals surface area contributed by atoms with E-state index in [1.807, 2.05) is 0 Å². The van der Waals surface area contributed by atoms with E-state index in [0.717, 1.165) is 18.2 Å². The molecule has 0 radical (unpaired) electrons. The molecule has 1 saturated carbocycles. The Hall–Kier alpha value is -1.10. The average molecular weight is 308 g/mol. The summed E-state index contributed by atoms with van der Waals surface area (Å²) in [6.07, 6.45) is 6.57. The van der Waals surface area contributed by atoms with Crippen LogP contribution in [0, 0.1) is 0 Å². The van der Waals surface area contributed by atoms with Gasteiger partial charge in [-0.3, -0.25) is 0 Å². The predicted octanol–water partition coefficient (Wildman–Crippen LogP) is 3.65. The maximum atomic E-state index is 4.69. The quantitative estimate of drug-likeness (QED) is 0.645. The molecule has 0 aromatic carbocycles. The first-order valence-corrected chi connectivity index (χ1v) is 9.06. The second-order valence-corrected chi connectivity index (χ2v) is 6.90. The van der Waals surface area contributed by atoms with Crippen LogP contribution >= 0.6 is 11.3 Å². The predicted molar refractivity (Wildman–Crippen MR) is 91.0 cm³/mol. The number of thiazole rings is 1. The molecule has 0 unspecified atom stereocenters. The van der Waals surface area contributed by atoms with Crippen molar-refractivity contribution in [3.05, 3.63) is 16.1 Å². The lowest BCUT2D eigenvalue weighted by Crippen LogP contribution is -2.44. The number of guanidine groups is 1. The van der Waals surface area contributed by atoms with Gasteiger partial charge in [0.15, 0.2) is 5.96 Å². The normalized spacial score (nSPS) is 17.2. The fourth-order valence-corrected chi connectivity index (χ4v) is 3.41. The molecule has 2 rings (SSSR count). The third-order valence-corrected chi connectivity index (χ3v) is 4.95. The van der Waals surface area contributed by atoms with Crippen molar-refractivity contribution < 1.29 is 0 Å². The number of aliphatic imine (C=N–C) groups is 1. The highest BCUT2D eigenvalue weighted by molar-refractivity contribution is 7.09. The van der Waals surface area contributed by atoms with E-state index in [4.69, 9.17) is 0 Å². The molecular weight excluding hydrogens is 280 g/mol. The average Bonchev–Trinajstić information content (AvgIpc) is 2.95. The number of rotatable bonds is 5. The Morgan fingerprint density at radius 1 is 1.38 bits per heavy atom. The molecule has 1 fully saturated rings. The largest absolute Gasteiger partial charge is 0.357 e. The minimum absolute atomic E-state index is 0.501. The van der Waals surface area contributed by atoms with E-state index < -0.39 is 0 Å². The minimum atomic E-state index is 0.501. The van der Waals surface area contributed by atoms with Gasteiger partial charge in [-0.1, -0.05) is 33.1 Å². The van der Waals surface area contributed by atoms with E-state index >= 15 is 0 Å². The molecule has 0 atom stereocenters. The van der Waals surface area contributed by atoms with Crippen LogP contribution < -0.4 is 10.6 Å². The number of nitrogens with zero attached hydrogens (tertiary/aromatic N) is 2. The third-order valence-electron chi connectivity index (χ3n) is 3.75. The number of nitrogens with one attached hydrogen (secondary N) is 2. The summed E-state index contributed by atoms with van der Waals surface area (Å²) in [6.45, 7) is 8.02. The lowest BCUT2D eigenvalue weighted by Gasteiger charge is -2.24. The highest BCUT2D eigenvalue weighted by Gasteiger charge is 2.14. The zero-order valence-corrected chi connectivity index (χ0v) is 14.3. The number of hydrogen-bond donors (Lipinski definition) is 2. The van der Waals surface area contributed by atoms with Gasteiger partial charge in [0, 0.05) is 23.9 Å². The van der Waals surface area contributed by atoms with Crippen LogP contribution in [0.2, 0.25) is 0 Å². The van der Waals surface area contributed by atoms with Gasteiger partial charge in [0.1, 0.15) is 0 Å². The molecule has 0 amide bonds. The molecule has 0 bridgehead atoms. The minimum Gasteiger partial charge on any atom is -0.357 e. The van der Waals surface area contributed by atoms with Gasteiger partial charge in [-0.25, -0.2) is 9.98 Å². The van der Waals surface area contributed by atoms with Gasteiger partial charge in [-0.05, 0) is 19.8 Å². The van der Waals surface area contributed by atoms with Crippen molar-refractivity contribution in [3.8, 4) is 0 Å². The summed E-state index contributed by atoms with van der Waals surface area (Å²) >= 11 is 1.74. The number of aromatic nitrogens is 1. The molecular formula is C16H28N4S. The van der Waals surface area contributed by atoms with Crippen molar-refractivity contribution in [1.82, 2.24) is 15.6 Å². The smallest absolute Gasteiger partial charge is 0.191 e. The standard InChI is InChI=1S/C16H28N4S/c1-4-17-16(20-13-8-6-5-7-9-13)18-10-14-11-21-15(19-14)12(2)3/h11-13H,4-10H2,1-3H3,(H2,17,18,20). The summed E-state index contributed by atoms with van der Waals surface area (Å²) in [5, 5.41) is 10.2. The van der Waals surface area contributed by atoms with E-state index in [2.05, 4.69) is 46.8 Å². The zero-order chi connectivity index (χ0) is 15.1. The summed E-state index contributed by atoms with van der Waals surface area (Å²) in [5.74, 6) is 1.44. The van der Waals surface area contributed by atoms with Crippen LogP contribution in [0.3, 0.4) is 0 Å². The van der Waals surface area contributed by atoms with Gasteiger partial charge in [0.05, 0.1) is 17.2 Å². The van der Waals surface area contributed by atoms with Crippen LogP contribution in [0.15, 0.2) is 10.4 Å². The van der Waals surface area contributed by atoms with Crippen molar-refractivity contribution >= 4 is 17.3 Å². The van der Waals surface area contributed by atoms with Gasteiger partial charge in [0.2, 0.25) is 0 Å². The fraction of sp³-hybridized carbons (Fsp3) is 0.750. The summed E-state index contributed by atoms with van der Waals surface area (Å²) in [4.78, 5) is 9.33. The van der Waals surface area contributed by atoms with Gasteiger partial charge < -0.3 is 10.6 Å². The van der Waals surface area contributed by atoms with Crippen molar-refractivity contribution in [2.24, 2.45) is 4.99 Å². The molecule has 2 N–H and O–H groups in total. The van der Waals surface area contributed by atoms with E-state index in [9.17, 15) is 0 Å². The monoisotopic (exact) mass is 308 g/mol. The van der Waals surface area contributed by atoms with Gasteiger partial charge in [0.25, 0.3) is 0 Å². The van der Waals surface area contributed by atoms with Crippen molar-refractivity contribution in [2.45, 2.75) is 71.4 Å². The van der Waals surface area contributed by atoms with Crippen LogP contribution in [-0.4, -0.2) is 23.5 Å². The second kappa shape index (κ2) is 8.37. The maximum Gasteiger partial charge on any atom is 0.191 e. The molecule has 0 saturated heterocycles. The van der Waals surface area contributed by atoms with Crippen LogP contribution in [-0.2, 0) is 6.54 Å². The molecule has 4 nitrogen and oxygen atoms in total. The summed E-state index contributed by atoms with van der Waals surface area (Å²) < 4.78 is 0. The van der Waals surface area contributed by atoms with Crippen LogP contribution in [0.1, 0.15) is 69.5 Å². The Labute approximate surface area is 132 Å². The molecule has 5 heteroatoms. The molecule has 1 aliphatic carbocycles. The van der Waals surface area contributed by atoms with Crippen molar-refractivity contribution in [3.63, 3.8) is 0 Å². The Kier molecular flexibility index (Phi) is 6.49. The van der Waals surface area contributed by atoms with Crippen LogP contribution in [0.4, 0.5) is 0 Å². The van der Waals surface area contributed by atoms with Crippen LogP contribution in [0.5, 0.6) is 0 Å². The Morgan fingerprint density at radius 3 is 2.76 bits per heavy atom. The molecule has 1 aliphatic rings. The highest BCUT2D eigenvalue weighted by Crippen LogP contribution is 2.20. The Bertz CT molecular complexity index is 447. The van der Waals surface area contributed by atoms with E-state index in [1.54, 1.807) is 11.3 Å². The summed E-state index contributed by atoms with van der Waals surface area (Å²) in [7, 11) is 0. The molecule has 0 aliphatic heterocycles. The molecule has 118 valence electrons. The molecule has 1 heterocycles. The molecule has 21 heavy (non-hydrogen) atoms. The zero-order valence-electron chi connectivity index (χ0n) is 13.5. The molecule has 1 aromatic heterocycles. The molecule has 1 aromatic rings. The number of hydrogen-bond acceptors (Lipinski definition) is 3. The lowest BCUT2D eigenvalue weighted by molar-refractivity contribution is 0.410. The molecule has 0 spiro atoms. The first-order chi connectivity index (χ1) is 10.2. The van der Waals surface area contributed by atoms with E-state index in [0.29, 0.717) is 18.5 Å². The summed E-state index contributed by atoms with van der Waals surface area (Å²) in [5.41, 5.74) is 1.07. The van der Waals surface area contributed by atoms with E-state index in [1.165, 1.54) is 37.1 Å². The topological polar surface area (TPSA) is 49.3 Å². The fourth-order valence-electron chi connectivity index (χ4n) is 2.58. The van der Waals surface area contributed by atoms with Crippen molar-refractivity contribution in [1.29, 1.82) is 0 Å². The highest BCUT2D eigenvalue weighted by atomic mass is 32.1. The SMILES string of the molecule is CCNC(=NCc1csc(C(C)C)n1)NC1CCCCC1. The first-order valence-electron chi connectivity index (χ1n) is 8.18. The van der Waals surface area contributed by atoms with E-state index in [-0.39, 0.29) is 0 Å². The van der Waals surface area contributed by atoms with Gasteiger partial charge >= 0.3 is 0 Å². The summed E-state index contributed by atoms with van der Waals surface area (Å²) in [6, 6.07) is 0.582. The van der Waals surface area contributed by atoms with Crippen molar-refractivity contribution in [2.75, 3.05) is 6.54 Å². The lowest BCUT2D eigenvalue weighted by atomic mass is 9.96. The maximum absolute atomic E-state index is 4.69.